The van der Waals surface area contributed by atoms with E-state index in [1.165, 1.54) is 25.3 Å². The molecular formula is C19H16F2N2O. The normalized spacial score (nSPS) is 11.1. The maximum absolute atomic E-state index is 13.9. The second-order valence-electron chi connectivity index (χ2n) is 5.28. The summed E-state index contributed by atoms with van der Waals surface area (Å²) < 4.78 is 31.8. The number of halogens is 2. The summed E-state index contributed by atoms with van der Waals surface area (Å²) in [4.78, 5) is 0. The number of benzene rings is 2. The summed E-state index contributed by atoms with van der Waals surface area (Å²) in [5.74, 6) is -0.0794. The Labute approximate surface area is 138 Å². The van der Waals surface area contributed by atoms with Gasteiger partial charge in [-0.05, 0) is 54.5 Å². The minimum Gasteiger partial charge on any atom is -0.497 e. The van der Waals surface area contributed by atoms with E-state index in [-0.39, 0.29) is 11.6 Å². The van der Waals surface area contributed by atoms with Crippen LogP contribution in [-0.4, -0.2) is 17.3 Å². The molecule has 0 saturated carbocycles. The van der Waals surface area contributed by atoms with Crippen molar-refractivity contribution in [1.82, 2.24) is 10.2 Å². The van der Waals surface area contributed by atoms with Gasteiger partial charge in [0.15, 0.2) is 0 Å². The predicted molar refractivity (Wildman–Crippen MR) is 89.7 cm³/mol. The van der Waals surface area contributed by atoms with Gasteiger partial charge in [0.25, 0.3) is 0 Å². The number of nitrogens with zero attached hydrogens (tertiary/aromatic N) is 1. The van der Waals surface area contributed by atoms with Gasteiger partial charge in [-0.3, -0.25) is 5.10 Å². The standard InChI is InChI=1S/C19H16F2N2O/c1-24-17-10-7-13(18(21)12-17)3-2-4-16-11-19(23-22-16)14-5-8-15(20)9-6-14/h2,4-12H,3H2,1H3,(H,22,23). The van der Waals surface area contributed by atoms with Crippen LogP contribution in [0.4, 0.5) is 8.78 Å². The number of rotatable bonds is 5. The number of hydrogen-bond acceptors (Lipinski definition) is 2. The first-order valence-corrected chi connectivity index (χ1v) is 7.46. The van der Waals surface area contributed by atoms with Crippen LogP contribution < -0.4 is 4.74 Å². The first-order valence-electron chi connectivity index (χ1n) is 7.46. The average molecular weight is 326 g/mol. The SMILES string of the molecule is COc1ccc(CC=Cc2cc(-c3ccc(F)cc3)n[nH]2)c(F)c1. The highest BCUT2D eigenvalue weighted by Crippen LogP contribution is 2.19. The Hall–Kier alpha value is -2.95. The second kappa shape index (κ2) is 7.08. The Kier molecular flexibility index (Phi) is 4.70. The quantitative estimate of drug-likeness (QED) is 0.743. The smallest absolute Gasteiger partial charge is 0.130 e. The highest BCUT2D eigenvalue weighted by atomic mass is 19.1. The largest absolute Gasteiger partial charge is 0.497 e. The van der Waals surface area contributed by atoms with Crippen LogP contribution >= 0.6 is 0 Å². The van der Waals surface area contributed by atoms with Crippen LogP contribution in [-0.2, 0) is 6.42 Å². The average Bonchev–Trinajstić information content (AvgIpc) is 3.06. The zero-order valence-corrected chi connectivity index (χ0v) is 13.1. The van der Waals surface area contributed by atoms with Gasteiger partial charge in [-0.15, -0.1) is 0 Å². The van der Waals surface area contributed by atoms with E-state index in [1.807, 2.05) is 18.2 Å². The molecule has 0 aliphatic rings. The lowest BCUT2D eigenvalue weighted by atomic mass is 10.1. The van der Waals surface area contributed by atoms with Crippen LogP contribution in [0.15, 0.2) is 54.6 Å². The number of methoxy groups -OCH3 is 1. The molecule has 1 N–H and O–H groups in total. The maximum Gasteiger partial charge on any atom is 0.130 e. The van der Waals surface area contributed by atoms with E-state index in [4.69, 9.17) is 4.74 Å². The minimum atomic E-state index is -0.296. The fraction of sp³-hybridized carbons (Fsp3) is 0.105. The molecule has 2 aromatic carbocycles. The number of aromatic amines is 1. The molecule has 122 valence electrons. The Morgan fingerprint density at radius 1 is 1.08 bits per heavy atom. The number of aromatic nitrogens is 2. The van der Waals surface area contributed by atoms with Crippen molar-refractivity contribution in [3.8, 4) is 17.0 Å². The lowest BCUT2D eigenvalue weighted by Gasteiger charge is -2.02. The summed E-state index contributed by atoms with van der Waals surface area (Å²) in [6.07, 6.45) is 4.15. The number of nitrogens with one attached hydrogen (secondary N) is 1. The molecule has 0 unspecified atom stereocenters. The summed E-state index contributed by atoms with van der Waals surface area (Å²) in [7, 11) is 1.51. The molecule has 0 saturated heterocycles. The van der Waals surface area contributed by atoms with Crippen molar-refractivity contribution in [3.63, 3.8) is 0 Å². The molecule has 3 nitrogen and oxygen atoms in total. The van der Waals surface area contributed by atoms with E-state index >= 15 is 0 Å². The molecule has 0 aliphatic carbocycles. The van der Waals surface area contributed by atoms with E-state index in [9.17, 15) is 8.78 Å². The first kappa shape index (κ1) is 15.9. The molecule has 1 heterocycles. The van der Waals surface area contributed by atoms with Gasteiger partial charge in [0, 0.05) is 11.6 Å². The van der Waals surface area contributed by atoms with Crippen LogP contribution in [0.3, 0.4) is 0 Å². The van der Waals surface area contributed by atoms with E-state index in [0.29, 0.717) is 17.7 Å². The first-order chi connectivity index (χ1) is 11.7. The number of hydrogen-bond donors (Lipinski definition) is 1. The summed E-state index contributed by atoms with van der Waals surface area (Å²) in [5, 5.41) is 7.09. The Morgan fingerprint density at radius 3 is 2.58 bits per heavy atom. The third-order valence-corrected chi connectivity index (χ3v) is 3.63. The third-order valence-electron chi connectivity index (χ3n) is 3.63. The van der Waals surface area contributed by atoms with Crippen molar-refractivity contribution in [3.05, 3.63) is 77.5 Å². The molecule has 0 spiro atoms. The molecule has 1 aromatic heterocycles. The molecule has 5 heteroatoms. The molecule has 0 fully saturated rings. The van der Waals surface area contributed by atoms with Crippen LogP contribution in [0.1, 0.15) is 11.3 Å². The molecule has 0 aliphatic heterocycles. The molecule has 3 rings (SSSR count). The van der Waals surface area contributed by atoms with Crippen LogP contribution in [0.25, 0.3) is 17.3 Å². The van der Waals surface area contributed by atoms with E-state index in [1.54, 1.807) is 24.3 Å². The zero-order valence-electron chi connectivity index (χ0n) is 13.1. The van der Waals surface area contributed by atoms with Gasteiger partial charge < -0.3 is 4.74 Å². The number of allylic oxidation sites excluding steroid dienone is 1. The molecule has 0 radical (unpaired) electrons. The van der Waals surface area contributed by atoms with Gasteiger partial charge in [0.1, 0.15) is 17.4 Å². The fourth-order valence-corrected chi connectivity index (χ4v) is 2.32. The van der Waals surface area contributed by atoms with E-state index in [0.717, 1.165) is 17.0 Å². The number of ether oxygens (including phenoxy) is 1. The van der Waals surface area contributed by atoms with E-state index in [2.05, 4.69) is 10.2 Å². The molecule has 0 amide bonds. The summed E-state index contributed by atoms with van der Waals surface area (Å²) in [6.45, 7) is 0. The van der Waals surface area contributed by atoms with Crippen molar-refractivity contribution in [2.75, 3.05) is 7.11 Å². The zero-order chi connectivity index (χ0) is 16.9. The monoisotopic (exact) mass is 326 g/mol. The molecule has 24 heavy (non-hydrogen) atoms. The highest BCUT2D eigenvalue weighted by molar-refractivity contribution is 5.62. The van der Waals surface area contributed by atoms with Gasteiger partial charge in [0.2, 0.25) is 0 Å². The summed E-state index contributed by atoms with van der Waals surface area (Å²) >= 11 is 0. The molecule has 0 atom stereocenters. The van der Waals surface area contributed by atoms with Gasteiger partial charge in [-0.25, -0.2) is 8.78 Å². The van der Waals surface area contributed by atoms with Crippen LogP contribution in [0, 0.1) is 11.6 Å². The van der Waals surface area contributed by atoms with Crippen molar-refractivity contribution in [1.29, 1.82) is 0 Å². The Balaban J connectivity index is 1.68. The Morgan fingerprint density at radius 2 is 1.88 bits per heavy atom. The van der Waals surface area contributed by atoms with Crippen molar-refractivity contribution >= 4 is 6.08 Å². The molecular weight excluding hydrogens is 310 g/mol. The Bertz CT molecular complexity index is 854. The van der Waals surface area contributed by atoms with E-state index < -0.39 is 0 Å². The van der Waals surface area contributed by atoms with Crippen molar-refractivity contribution < 1.29 is 13.5 Å². The van der Waals surface area contributed by atoms with Gasteiger partial charge >= 0.3 is 0 Å². The lowest BCUT2D eigenvalue weighted by Crippen LogP contribution is -1.90. The van der Waals surface area contributed by atoms with Gasteiger partial charge in [-0.1, -0.05) is 12.1 Å². The van der Waals surface area contributed by atoms with Crippen molar-refractivity contribution in [2.24, 2.45) is 0 Å². The van der Waals surface area contributed by atoms with Crippen LogP contribution in [0.5, 0.6) is 5.75 Å². The lowest BCUT2D eigenvalue weighted by molar-refractivity contribution is 0.411. The minimum absolute atomic E-state index is 0.282. The number of H-pyrrole nitrogens is 1. The second-order valence-corrected chi connectivity index (χ2v) is 5.28. The van der Waals surface area contributed by atoms with Gasteiger partial charge in [-0.2, -0.15) is 5.10 Å². The third kappa shape index (κ3) is 3.68. The van der Waals surface area contributed by atoms with Gasteiger partial charge in [0.05, 0.1) is 18.5 Å². The predicted octanol–water partition coefficient (Wildman–Crippen LogP) is 4.62. The fourth-order valence-electron chi connectivity index (χ4n) is 2.32. The van der Waals surface area contributed by atoms with Crippen LogP contribution in [0.2, 0.25) is 0 Å². The summed E-state index contributed by atoms with van der Waals surface area (Å²) in [6, 6.07) is 12.8. The molecule has 3 aromatic rings. The summed E-state index contributed by atoms with van der Waals surface area (Å²) in [5.41, 5.74) is 2.94. The molecule has 0 bridgehead atoms. The van der Waals surface area contributed by atoms with Crippen molar-refractivity contribution in [2.45, 2.75) is 6.42 Å². The highest BCUT2D eigenvalue weighted by Gasteiger charge is 2.04. The maximum atomic E-state index is 13.9. The topological polar surface area (TPSA) is 37.9 Å².